The summed E-state index contributed by atoms with van der Waals surface area (Å²) in [5.41, 5.74) is 3.05. The summed E-state index contributed by atoms with van der Waals surface area (Å²) in [4.78, 5) is 13.5. The van der Waals surface area contributed by atoms with E-state index < -0.39 is 0 Å². The molecule has 26 heavy (non-hydrogen) atoms. The van der Waals surface area contributed by atoms with Crippen LogP contribution < -0.4 is 5.32 Å². The Morgan fingerprint density at radius 2 is 1.50 bits per heavy atom. The summed E-state index contributed by atoms with van der Waals surface area (Å²) in [5.74, 6) is 0.851. The van der Waals surface area contributed by atoms with Gasteiger partial charge in [-0.15, -0.1) is 11.8 Å². The number of halogens is 1. The Labute approximate surface area is 163 Å². The second-order valence-electron chi connectivity index (χ2n) is 5.93. The highest BCUT2D eigenvalue weighted by Crippen LogP contribution is 2.22. The maximum absolute atomic E-state index is 12.2. The summed E-state index contributed by atoms with van der Waals surface area (Å²) in [6.07, 6.45) is 0.786. The van der Waals surface area contributed by atoms with E-state index in [2.05, 4.69) is 17.4 Å². The van der Waals surface area contributed by atoms with Crippen molar-refractivity contribution in [3.8, 4) is 0 Å². The van der Waals surface area contributed by atoms with Gasteiger partial charge in [0.15, 0.2) is 0 Å². The zero-order valence-electron chi connectivity index (χ0n) is 14.3. The van der Waals surface area contributed by atoms with E-state index in [4.69, 9.17) is 11.6 Å². The van der Waals surface area contributed by atoms with E-state index in [1.165, 1.54) is 10.5 Å². The van der Waals surface area contributed by atoms with Crippen molar-refractivity contribution >= 4 is 29.3 Å². The van der Waals surface area contributed by atoms with Crippen LogP contribution in [0.4, 0.5) is 0 Å². The van der Waals surface area contributed by atoms with Crippen LogP contribution in [-0.2, 0) is 12.2 Å². The van der Waals surface area contributed by atoms with E-state index >= 15 is 0 Å². The predicted molar refractivity (Wildman–Crippen MR) is 110 cm³/mol. The Kier molecular flexibility index (Phi) is 6.75. The summed E-state index contributed by atoms with van der Waals surface area (Å²) in [6.45, 7) is 0.603. The van der Waals surface area contributed by atoms with Crippen LogP contribution in [0.25, 0.3) is 0 Å². The number of nitrogens with one attached hydrogen (secondary N) is 1. The lowest BCUT2D eigenvalue weighted by Gasteiger charge is -2.07. The minimum atomic E-state index is -0.0405. The van der Waals surface area contributed by atoms with Crippen molar-refractivity contribution < 1.29 is 4.79 Å². The van der Waals surface area contributed by atoms with E-state index in [0.29, 0.717) is 12.1 Å². The third kappa shape index (κ3) is 5.65. The number of carbonyl (C=O) groups excluding carboxylic acids is 1. The highest BCUT2D eigenvalue weighted by Gasteiger charge is 2.05. The summed E-state index contributed by atoms with van der Waals surface area (Å²) >= 11 is 7.67. The maximum atomic E-state index is 12.2. The zero-order chi connectivity index (χ0) is 18.2. The molecule has 132 valence electrons. The van der Waals surface area contributed by atoms with Crippen molar-refractivity contribution in [3.05, 3.63) is 101 Å². The van der Waals surface area contributed by atoms with Crippen LogP contribution >= 0.6 is 23.4 Å². The van der Waals surface area contributed by atoms with Gasteiger partial charge in [-0.2, -0.15) is 0 Å². The SMILES string of the molecule is O=C(NCCc1ccc(Cl)cc1)c1ccc(CSc2ccccc2)cc1. The third-order valence-electron chi connectivity index (χ3n) is 3.98. The van der Waals surface area contributed by atoms with Crippen LogP contribution in [0.3, 0.4) is 0 Å². The number of benzene rings is 3. The van der Waals surface area contributed by atoms with Gasteiger partial charge in [-0.1, -0.05) is 54.1 Å². The van der Waals surface area contributed by atoms with Crippen molar-refractivity contribution in [2.45, 2.75) is 17.1 Å². The molecule has 2 nitrogen and oxygen atoms in total. The predicted octanol–water partition coefficient (Wildman–Crippen LogP) is 5.60. The Balaban J connectivity index is 1.46. The molecule has 4 heteroatoms. The average molecular weight is 382 g/mol. The van der Waals surface area contributed by atoms with Crippen molar-refractivity contribution in [2.24, 2.45) is 0 Å². The molecule has 3 aromatic carbocycles. The molecular formula is C22H20ClNOS. The molecule has 3 rings (SSSR count). The number of thioether (sulfide) groups is 1. The smallest absolute Gasteiger partial charge is 0.251 e. The Morgan fingerprint density at radius 1 is 0.846 bits per heavy atom. The molecule has 0 fully saturated rings. The largest absolute Gasteiger partial charge is 0.352 e. The maximum Gasteiger partial charge on any atom is 0.251 e. The monoisotopic (exact) mass is 381 g/mol. The number of carbonyl (C=O) groups is 1. The summed E-state index contributed by atoms with van der Waals surface area (Å²) < 4.78 is 0. The first kappa shape index (κ1) is 18.6. The Bertz CT molecular complexity index is 832. The van der Waals surface area contributed by atoms with Gasteiger partial charge in [0.1, 0.15) is 0 Å². The number of hydrogen-bond donors (Lipinski definition) is 1. The topological polar surface area (TPSA) is 29.1 Å². The highest BCUT2D eigenvalue weighted by molar-refractivity contribution is 7.98. The molecule has 0 aromatic heterocycles. The molecule has 0 unspecified atom stereocenters. The lowest BCUT2D eigenvalue weighted by molar-refractivity contribution is 0.0954. The Hall–Kier alpha value is -2.23. The second-order valence-corrected chi connectivity index (χ2v) is 7.42. The van der Waals surface area contributed by atoms with Gasteiger partial charge in [0.2, 0.25) is 0 Å². The second kappa shape index (κ2) is 9.46. The van der Waals surface area contributed by atoms with Crippen LogP contribution in [0.2, 0.25) is 5.02 Å². The standard InChI is InChI=1S/C22H20ClNOS/c23-20-12-8-17(9-13-20)14-15-24-22(25)19-10-6-18(7-11-19)16-26-21-4-2-1-3-5-21/h1-13H,14-16H2,(H,24,25). The molecule has 0 aliphatic rings. The van der Waals surface area contributed by atoms with Crippen molar-refractivity contribution in [3.63, 3.8) is 0 Å². The normalized spacial score (nSPS) is 10.5. The molecule has 0 aliphatic heterocycles. The van der Waals surface area contributed by atoms with Gasteiger partial charge in [-0.25, -0.2) is 0 Å². The van der Waals surface area contributed by atoms with Gasteiger partial charge in [-0.05, 0) is 53.9 Å². The van der Waals surface area contributed by atoms with Crippen LogP contribution in [0.15, 0.2) is 83.8 Å². The van der Waals surface area contributed by atoms with E-state index in [0.717, 1.165) is 22.8 Å². The molecule has 1 N–H and O–H groups in total. The average Bonchev–Trinajstić information content (AvgIpc) is 2.69. The van der Waals surface area contributed by atoms with E-state index in [1.807, 2.05) is 66.7 Å². The molecule has 0 heterocycles. The van der Waals surface area contributed by atoms with E-state index in [-0.39, 0.29) is 5.91 Å². The summed E-state index contributed by atoms with van der Waals surface area (Å²) in [7, 11) is 0. The first-order valence-electron chi connectivity index (χ1n) is 8.50. The minimum Gasteiger partial charge on any atom is -0.352 e. The van der Waals surface area contributed by atoms with Crippen molar-refractivity contribution in [1.29, 1.82) is 0 Å². The molecule has 0 saturated carbocycles. The molecule has 0 atom stereocenters. The van der Waals surface area contributed by atoms with E-state index in [1.54, 1.807) is 11.8 Å². The molecule has 0 saturated heterocycles. The highest BCUT2D eigenvalue weighted by atomic mass is 35.5. The first-order valence-corrected chi connectivity index (χ1v) is 9.86. The molecule has 0 radical (unpaired) electrons. The summed E-state index contributed by atoms with van der Waals surface area (Å²) in [6, 6.07) is 25.8. The third-order valence-corrected chi connectivity index (χ3v) is 5.31. The lowest BCUT2D eigenvalue weighted by Crippen LogP contribution is -2.25. The van der Waals surface area contributed by atoms with Gasteiger partial charge >= 0.3 is 0 Å². The lowest BCUT2D eigenvalue weighted by atomic mass is 10.1. The molecular weight excluding hydrogens is 362 g/mol. The first-order chi connectivity index (χ1) is 12.7. The number of rotatable bonds is 7. The fourth-order valence-electron chi connectivity index (χ4n) is 2.51. The fraction of sp³-hybridized carbons (Fsp3) is 0.136. The van der Waals surface area contributed by atoms with Crippen molar-refractivity contribution in [2.75, 3.05) is 6.54 Å². The van der Waals surface area contributed by atoms with Gasteiger partial charge in [-0.3, -0.25) is 4.79 Å². The fourth-order valence-corrected chi connectivity index (χ4v) is 3.51. The number of amides is 1. The van der Waals surface area contributed by atoms with Crippen molar-refractivity contribution in [1.82, 2.24) is 5.32 Å². The quantitative estimate of drug-likeness (QED) is 0.539. The molecule has 0 spiro atoms. The zero-order valence-corrected chi connectivity index (χ0v) is 15.9. The van der Waals surface area contributed by atoms with Gasteiger partial charge in [0.25, 0.3) is 5.91 Å². The van der Waals surface area contributed by atoms with E-state index in [9.17, 15) is 4.79 Å². The van der Waals surface area contributed by atoms with Crippen LogP contribution in [-0.4, -0.2) is 12.5 Å². The molecule has 0 bridgehead atoms. The summed E-state index contributed by atoms with van der Waals surface area (Å²) in [5, 5.41) is 3.69. The van der Waals surface area contributed by atoms with Gasteiger partial charge in [0, 0.05) is 27.8 Å². The van der Waals surface area contributed by atoms with Crippen LogP contribution in [0.5, 0.6) is 0 Å². The minimum absolute atomic E-state index is 0.0405. The molecule has 3 aromatic rings. The van der Waals surface area contributed by atoms with Crippen LogP contribution in [0.1, 0.15) is 21.5 Å². The van der Waals surface area contributed by atoms with Crippen LogP contribution in [0, 0.1) is 0 Å². The molecule has 1 amide bonds. The Morgan fingerprint density at radius 3 is 2.19 bits per heavy atom. The van der Waals surface area contributed by atoms with Gasteiger partial charge < -0.3 is 5.32 Å². The molecule has 0 aliphatic carbocycles. The number of hydrogen-bond acceptors (Lipinski definition) is 2. The van der Waals surface area contributed by atoms with Gasteiger partial charge in [0.05, 0.1) is 0 Å².